The maximum atomic E-state index is 12.4. The van der Waals surface area contributed by atoms with Crippen LogP contribution in [0.1, 0.15) is 12.2 Å². The van der Waals surface area contributed by atoms with Crippen LogP contribution in [0, 0.1) is 6.92 Å². The Labute approximate surface area is 87.5 Å². The topological polar surface area (TPSA) is 69.6 Å². The fourth-order valence-electron chi connectivity index (χ4n) is 1.13. The Balaban J connectivity index is 2.42. The number of hydrogen-bond donors (Lipinski definition) is 1. The molecule has 0 spiro atoms. The Kier molecular flexibility index (Phi) is 2.35. The van der Waals surface area contributed by atoms with Gasteiger partial charge in [0.15, 0.2) is 5.01 Å². The van der Waals surface area contributed by atoms with Crippen molar-refractivity contribution in [1.29, 1.82) is 0 Å². The minimum absolute atomic E-state index is 0.286. The van der Waals surface area contributed by atoms with Crippen molar-refractivity contribution in [3.63, 3.8) is 0 Å². The lowest BCUT2D eigenvalue weighted by atomic mass is 10.4. The number of anilines is 1. The number of alkyl halides is 2. The first-order chi connectivity index (χ1) is 7.08. The zero-order chi connectivity index (χ0) is 11.0. The van der Waals surface area contributed by atoms with Gasteiger partial charge in [-0.25, -0.2) is 4.68 Å². The van der Waals surface area contributed by atoms with Crippen LogP contribution < -0.4 is 5.73 Å². The SMILES string of the molecule is Cc1cc(-c2nnc(N)s2)nn1C(F)F. The highest BCUT2D eigenvalue weighted by Gasteiger charge is 2.15. The fourth-order valence-corrected chi connectivity index (χ4v) is 1.69. The van der Waals surface area contributed by atoms with Crippen LogP contribution in [0.2, 0.25) is 0 Å². The summed E-state index contributed by atoms with van der Waals surface area (Å²) >= 11 is 1.11. The van der Waals surface area contributed by atoms with Gasteiger partial charge in [0.1, 0.15) is 5.69 Å². The van der Waals surface area contributed by atoms with E-state index in [0.717, 1.165) is 11.3 Å². The third-order valence-electron chi connectivity index (χ3n) is 1.77. The summed E-state index contributed by atoms with van der Waals surface area (Å²) in [4.78, 5) is 0. The van der Waals surface area contributed by atoms with Gasteiger partial charge >= 0.3 is 6.55 Å². The number of aryl methyl sites for hydroxylation is 1. The summed E-state index contributed by atoms with van der Waals surface area (Å²) in [5, 5.41) is 11.7. The second-order valence-electron chi connectivity index (χ2n) is 2.84. The Morgan fingerprint density at radius 1 is 1.47 bits per heavy atom. The van der Waals surface area contributed by atoms with E-state index in [1.165, 1.54) is 6.07 Å². The number of nitrogen functional groups attached to an aromatic ring is 1. The van der Waals surface area contributed by atoms with Gasteiger partial charge in [-0.05, 0) is 13.0 Å². The molecule has 0 saturated carbocycles. The molecule has 8 heteroatoms. The summed E-state index contributed by atoms with van der Waals surface area (Å²) in [6.07, 6.45) is 0. The Morgan fingerprint density at radius 2 is 2.20 bits per heavy atom. The Morgan fingerprint density at radius 3 is 2.67 bits per heavy atom. The zero-order valence-corrected chi connectivity index (χ0v) is 8.50. The molecule has 0 unspecified atom stereocenters. The summed E-state index contributed by atoms with van der Waals surface area (Å²) in [6, 6.07) is 1.52. The summed E-state index contributed by atoms with van der Waals surface area (Å²) < 4.78 is 25.4. The molecular weight excluding hydrogens is 224 g/mol. The van der Waals surface area contributed by atoms with Crippen molar-refractivity contribution >= 4 is 16.5 Å². The zero-order valence-electron chi connectivity index (χ0n) is 7.69. The summed E-state index contributed by atoms with van der Waals surface area (Å²) in [6.45, 7) is -1.10. The van der Waals surface area contributed by atoms with E-state index < -0.39 is 6.55 Å². The Bertz CT molecular complexity index is 477. The first-order valence-corrected chi connectivity index (χ1v) is 4.83. The molecule has 2 rings (SSSR count). The molecule has 0 aliphatic carbocycles. The van der Waals surface area contributed by atoms with Gasteiger partial charge < -0.3 is 5.73 Å². The van der Waals surface area contributed by atoms with Crippen LogP contribution in [0.3, 0.4) is 0 Å². The van der Waals surface area contributed by atoms with E-state index in [-0.39, 0.29) is 5.13 Å². The molecule has 0 aliphatic heterocycles. The van der Waals surface area contributed by atoms with Crippen LogP contribution in [0.4, 0.5) is 13.9 Å². The molecule has 5 nitrogen and oxygen atoms in total. The van der Waals surface area contributed by atoms with E-state index >= 15 is 0 Å². The predicted octanol–water partition coefficient (Wildman–Crippen LogP) is 1.69. The van der Waals surface area contributed by atoms with Crippen LogP contribution in [-0.4, -0.2) is 20.0 Å². The lowest BCUT2D eigenvalue weighted by Gasteiger charge is -1.99. The molecule has 2 N–H and O–H groups in total. The number of hydrogen-bond acceptors (Lipinski definition) is 5. The van der Waals surface area contributed by atoms with Crippen molar-refractivity contribution < 1.29 is 8.78 Å². The molecule has 0 bridgehead atoms. The molecule has 0 fully saturated rings. The highest BCUT2D eigenvalue weighted by molar-refractivity contribution is 7.18. The molecule has 2 aromatic rings. The summed E-state index contributed by atoms with van der Waals surface area (Å²) in [7, 11) is 0. The van der Waals surface area contributed by atoms with E-state index in [1.807, 2.05) is 0 Å². The van der Waals surface area contributed by atoms with Gasteiger partial charge in [0.05, 0.1) is 0 Å². The third-order valence-corrected chi connectivity index (χ3v) is 2.54. The lowest BCUT2D eigenvalue weighted by Crippen LogP contribution is -2.02. The molecule has 0 radical (unpaired) electrons. The quantitative estimate of drug-likeness (QED) is 0.853. The first-order valence-electron chi connectivity index (χ1n) is 4.01. The van der Waals surface area contributed by atoms with Crippen molar-refractivity contribution in [2.45, 2.75) is 13.5 Å². The van der Waals surface area contributed by atoms with Crippen LogP contribution in [-0.2, 0) is 0 Å². The summed E-state index contributed by atoms with van der Waals surface area (Å²) in [5.74, 6) is 0. The number of halogens is 2. The first kappa shape index (κ1) is 9.97. The molecule has 0 aromatic carbocycles. The molecule has 2 aromatic heterocycles. The number of nitrogens with zero attached hydrogens (tertiary/aromatic N) is 4. The molecule has 0 atom stereocenters. The minimum Gasteiger partial charge on any atom is -0.374 e. The second-order valence-corrected chi connectivity index (χ2v) is 3.85. The molecule has 0 saturated heterocycles. The molecule has 15 heavy (non-hydrogen) atoms. The number of aromatic nitrogens is 4. The van der Waals surface area contributed by atoms with Gasteiger partial charge in [-0.1, -0.05) is 11.3 Å². The van der Waals surface area contributed by atoms with Gasteiger partial charge in [-0.15, -0.1) is 10.2 Å². The van der Waals surface area contributed by atoms with Gasteiger partial charge in [-0.2, -0.15) is 13.9 Å². The molecule has 0 amide bonds. The highest BCUT2D eigenvalue weighted by atomic mass is 32.1. The maximum Gasteiger partial charge on any atom is 0.333 e. The number of rotatable bonds is 2. The van der Waals surface area contributed by atoms with E-state index in [4.69, 9.17) is 5.73 Å². The average Bonchev–Trinajstić information content (AvgIpc) is 2.71. The highest BCUT2D eigenvalue weighted by Crippen LogP contribution is 2.25. The van der Waals surface area contributed by atoms with Crippen LogP contribution in [0.25, 0.3) is 10.7 Å². The number of nitrogens with two attached hydrogens (primary N) is 1. The van der Waals surface area contributed by atoms with E-state index in [2.05, 4.69) is 15.3 Å². The second kappa shape index (κ2) is 3.54. The van der Waals surface area contributed by atoms with Gasteiger partial charge in [0, 0.05) is 5.69 Å². The van der Waals surface area contributed by atoms with Gasteiger partial charge in [0.2, 0.25) is 5.13 Å². The van der Waals surface area contributed by atoms with Crippen molar-refractivity contribution in [3.8, 4) is 10.7 Å². The lowest BCUT2D eigenvalue weighted by molar-refractivity contribution is 0.0546. The van der Waals surface area contributed by atoms with Gasteiger partial charge in [0.25, 0.3) is 0 Å². The maximum absolute atomic E-state index is 12.4. The molecule has 0 aliphatic rings. The third kappa shape index (κ3) is 1.80. The van der Waals surface area contributed by atoms with Crippen molar-refractivity contribution in [2.24, 2.45) is 0 Å². The summed E-state index contributed by atoms with van der Waals surface area (Å²) in [5.41, 5.74) is 6.11. The van der Waals surface area contributed by atoms with Crippen molar-refractivity contribution in [3.05, 3.63) is 11.8 Å². The van der Waals surface area contributed by atoms with Crippen LogP contribution in [0.5, 0.6) is 0 Å². The smallest absolute Gasteiger partial charge is 0.333 e. The standard InChI is InChI=1S/C7H7F2N5S/c1-3-2-4(13-14(3)6(8)9)5-11-12-7(10)15-5/h2,6H,1H3,(H2,10,12). The van der Waals surface area contributed by atoms with E-state index in [9.17, 15) is 8.78 Å². The normalized spacial score (nSPS) is 11.2. The molecule has 80 valence electrons. The minimum atomic E-state index is -2.65. The molecule has 2 heterocycles. The van der Waals surface area contributed by atoms with Crippen LogP contribution >= 0.6 is 11.3 Å². The van der Waals surface area contributed by atoms with Gasteiger partial charge in [-0.3, -0.25) is 0 Å². The monoisotopic (exact) mass is 231 g/mol. The average molecular weight is 231 g/mol. The van der Waals surface area contributed by atoms with Crippen molar-refractivity contribution in [2.75, 3.05) is 5.73 Å². The largest absolute Gasteiger partial charge is 0.374 e. The van der Waals surface area contributed by atoms with E-state index in [0.29, 0.717) is 21.1 Å². The Hall–Kier alpha value is -1.57. The molecular formula is C7H7F2N5S. The predicted molar refractivity (Wildman–Crippen MR) is 51.5 cm³/mol. The van der Waals surface area contributed by atoms with E-state index in [1.54, 1.807) is 6.92 Å². The fraction of sp³-hybridized carbons (Fsp3) is 0.286. The van der Waals surface area contributed by atoms with Crippen molar-refractivity contribution in [1.82, 2.24) is 20.0 Å². The van der Waals surface area contributed by atoms with Crippen LogP contribution in [0.15, 0.2) is 6.07 Å².